The molecule has 1 aromatic carbocycles. The van der Waals surface area contributed by atoms with Crippen LogP contribution in [0.1, 0.15) is 30.4 Å². The van der Waals surface area contributed by atoms with Crippen molar-refractivity contribution in [3.05, 3.63) is 33.8 Å². The minimum absolute atomic E-state index is 0.561. The second kappa shape index (κ2) is 5.52. The van der Waals surface area contributed by atoms with Crippen molar-refractivity contribution in [3.8, 4) is 0 Å². The van der Waals surface area contributed by atoms with E-state index in [9.17, 15) is 0 Å². The van der Waals surface area contributed by atoms with E-state index in [0.29, 0.717) is 5.92 Å². The first-order chi connectivity index (χ1) is 6.63. The molecule has 78 valence electrons. The molecule has 0 saturated heterocycles. The summed E-state index contributed by atoms with van der Waals surface area (Å²) in [5.41, 5.74) is 2.69. The van der Waals surface area contributed by atoms with Gasteiger partial charge in [0.2, 0.25) is 0 Å². The molecule has 1 atom stereocenters. The van der Waals surface area contributed by atoms with Crippen molar-refractivity contribution < 1.29 is 4.74 Å². The topological polar surface area (TPSA) is 9.23 Å². The van der Waals surface area contributed by atoms with Gasteiger partial charge in [-0.2, -0.15) is 0 Å². The number of ether oxygens (including phenoxy) is 1. The van der Waals surface area contributed by atoms with E-state index in [4.69, 9.17) is 4.74 Å². The fraction of sp³-hybridized carbons (Fsp3) is 0.500. The summed E-state index contributed by atoms with van der Waals surface area (Å²) in [5, 5.41) is 0. The Bertz CT molecular complexity index is 276. The average Bonchev–Trinajstić information content (AvgIpc) is 2.12. The molecular formula is C12H17BrO. The van der Waals surface area contributed by atoms with Gasteiger partial charge in [-0.15, -0.1) is 0 Å². The molecule has 0 bridgehead atoms. The monoisotopic (exact) mass is 256 g/mol. The van der Waals surface area contributed by atoms with Crippen molar-refractivity contribution in [2.45, 2.75) is 26.2 Å². The Balaban J connectivity index is 2.73. The predicted octanol–water partition coefficient (Wildman–Crippen LogP) is 3.90. The molecule has 1 rings (SSSR count). The maximum absolute atomic E-state index is 5.08. The van der Waals surface area contributed by atoms with Gasteiger partial charge in [0.1, 0.15) is 0 Å². The van der Waals surface area contributed by atoms with E-state index in [1.807, 2.05) is 0 Å². The minimum Gasteiger partial charge on any atom is -0.385 e. The predicted molar refractivity (Wildman–Crippen MR) is 63.8 cm³/mol. The lowest BCUT2D eigenvalue weighted by atomic mass is 9.97. The number of hydrogen-bond donors (Lipinski definition) is 0. The summed E-state index contributed by atoms with van der Waals surface area (Å²) < 4.78 is 6.25. The first kappa shape index (κ1) is 11.7. The molecule has 0 fully saturated rings. The number of halogens is 1. The van der Waals surface area contributed by atoms with Crippen molar-refractivity contribution in [2.75, 3.05) is 13.7 Å². The van der Waals surface area contributed by atoms with Gasteiger partial charge in [0, 0.05) is 18.2 Å². The van der Waals surface area contributed by atoms with Gasteiger partial charge in [-0.05, 0) is 42.5 Å². The van der Waals surface area contributed by atoms with E-state index in [-0.39, 0.29) is 0 Å². The van der Waals surface area contributed by atoms with Crippen LogP contribution in [-0.4, -0.2) is 13.7 Å². The zero-order chi connectivity index (χ0) is 10.6. The highest BCUT2D eigenvalue weighted by molar-refractivity contribution is 9.10. The van der Waals surface area contributed by atoms with E-state index in [0.717, 1.165) is 17.5 Å². The molecule has 0 heterocycles. The Kier molecular flexibility index (Phi) is 4.63. The fourth-order valence-electron chi connectivity index (χ4n) is 1.51. The molecule has 0 spiro atoms. The summed E-state index contributed by atoms with van der Waals surface area (Å²) in [4.78, 5) is 0. The van der Waals surface area contributed by atoms with Crippen LogP contribution >= 0.6 is 15.9 Å². The summed E-state index contributed by atoms with van der Waals surface area (Å²) in [7, 11) is 1.75. The van der Waals surface area contributed by atoms with Crippen LogP contribution in [-0.2, 0) is 4.74 Å². The summed E-state index contributed by atoms with van der Waals surface area (Å²) >= 11 is 3.52. The highest BCUT2D eigenvalue weighted by Gasteiger charge is 2.06. The normalized spacial score (nSPS) is 12.9. The molecule has 0 saturated carbocycles. The Morgan fingerprint density at radius 2 is 2.07 bits per heavy atom. The van der Waals surface area contributed by atoms with Crippen LogP contribution in [0.3, 0.4) is 0 Å². The smallest absolute Gasteiger partial charge is 0.0467 e. The van der Waals surface area contributed by atoms with Gasteiger partial charge in [0.25, 0.3) is 0 Å². The summed E-state index contributed by atoms with van der Waals surface area (Å²) in [6.45, 7) is 5.18. The third kappa shape index (κ3) is 3.43. The quantitative estimate of drug-likeness (QED) is 0.794. The lowest BCUT2D eigenvalue weighted by molar-refractivity contribution is 0.189. The maximum Gasteiger partial charge on any atom is 0.0467 e. The van der Waals surface area contributed by atoms with Crippen LogP contribution in [0.15, 0.2) is 22.7 Å². The zero-order valence-electron chi connectivity index (χ0n) is 9.01. The van der Waals surface area contributed by atoms with Crippen molar-refractivity contribution in [1.82, 2.24) is 0 Å². The second-order valence-electron chi connectivity index (χ2n) is 3.74. The highest BCUT2D eigenvalue weighted by Crippen LogP contribution is 2.24. The highest BCUT2D eigenvalue weighted by atomic mass is 79.9. The van der Waals surface area contributed by atoms with Gasteiger partial charge in [0.05, 0.1) is 0 Å². The van der Waals surface area contributed by atoms with Crippen molar-refractivity contribution in [1.29, 1.82) is 0 Å². The second-order valence-corrected chi connectivity index (χ2v) is 4.66. The lowest BCUT2D eigenvalue weighted by Gasteiger charge is -2.12. The Hall–Kier alpha value is -0.340. The van der Waals surface area contributed by atoms with Crippen LogP contribution in [0.2, 0.25) is 0 Å². The van der Waals surface area contributed by atoms with Gasteiger partial charge < -0.3 is 4.74 Å². The molecule has 1 nitrogen and oxygen atoms in total. The molecule has 0 radical (unpaired) electrons. The van der Waals surface area contributed by atoms with E-state index >= 15 is 0 Å². The number of rotatable bonds is 4. The number of benzene rings is 1. The van der Waals surface area contributed by atoms with Gasteiger partial charge in [-0.1, -0.05) is 28.9 Å². The van der Waals surface area contributed by atoms with Crippen molar-refractivity contribution in [3.63, 3.8) is 0 Å². The van der Waals surface area contributed by atoms with Crippen LogP contribution in [0.4, 0.5) is 0 Å². The first-order valence-electron chi connectivity index (χ1n) is 4.89. The molecule has 2 heteroatoms. The third-order valence-electron chi connectivity index (χ3n) is 2.39. The van der Waals surface area contributed by atoms with E-state index < -0.39 is 0 Å². The summed E-state index contributed by atoms with van der Waals surface area (Å²) in [6.07, 6.45) is 1.08. The van der Waals surface area contributed by atoms with E-state index in [2.05, 4.69) is 48.0 Å². The molecule has 14 heavy (non-hydrogen) atoms. The average molecular weight is 257 g/mol. The zero-order valence-corrected chi connectivity index (χ0v) is 10.6. The Morgan fingerprint density at radius 1 is 1.36 bits per heavy atom. The molecule has 0 N–H and O–H groups in total. The standard InChI is InChI=1S/C12H17BrO/c1-9-6-11(8-12(13)7-9)10(2)4-5-14-3/h6-8,10H,4-5H2,1-3H3. The molecule has 1 unspecified atom stereocenters. The van der Waals surface area contributed by atoms with Gasteiger partial charge in [-0.25, -0.2) is 0 Å². The van der Waals surface area contributed by atoms with Gasteiger partial charge >= 0.3 is 0 Å². The van der Waals surface area contributed by atoms with Crippen molar-refractivity contribution >= 4 is 15.9 Å². The number of aryl methyl sites for hydroxylation is 1. The molecule has 0 aliphatic heterocycles. The third-order valence-corrected chi connectivity index (χ3v) is 2.85. The van der Waals surface area contributed by atoms with Crippen molar-refractivity contribution in [2.24, 2.45) is 0 Å². The minimum atomic E-state index is 0.561. The molecule has 0 aliphatic rings. The van der Waals surface area contributed by atoms with Crippen LogP contribution in [0.25, 0.3) is 0 Å². The SMILES string of the molecule is COCCC(C)c1cc(C)cc(Br)c1. The van der Waals surface area contributed by atoms with Crippen LogP contribution < -0.4 is 0 Å². The first-order valence-corrected chi connectivity index (χ1v) is 5.69. The Morgan fingerprint density at radius 3 is 2.64 bits per heavy atom. The Labute approximate surface area is 94.6 Å². The van der Waals surface area contributed by atoms with Gasteiger partial charge in [0.15, 0.2) is 0 Å². The molecule has 1 aromatic rings. The largest absolute Gasteiger partial charge is 0.385 e. The molecule has 0 aromatic heterocycles. The molecule has 0 amide bonds. The van der Waals surface area contributed by atoms with E-state index in [1.54, 1.807) is 7.11 Å². The maximum atomic E-state index is 5.08. The van der Waals surface area contributed by atoms with Crippen LogP contribution in [0, 0.1) is 6.92 Å². The van der Waals surface area contributed by atoms with Gasteiger partial charge in [-0.3, -0.25) is 0 Å². The molecule has 0 aliphatic carbocycles. The summed E-state index contributed by atoms with van der Waals surface area (Å²) in [5.74, 6) is 0.561. The molecular weight excluding hydrogens is 240 g/mol. The number of methoxy groups -OCH3 is 1. The van der Waals surface area contributed by atoms with E-state index in [1.165, 1.54) is 11.1 Å². The lowest BCUT2D eigenvalue weighted by Crippen LogP contribution is -1.99. The fourth-order valence-corrected chi connectivity index (χ4v) is 2.14. The van der Waals surface area contributed by atoms with Crippen LogP contribution in [0.5, 0.6) is 0 Å². The summed E-state index contributed by atoms with van der Waals surface area (Å²) in [6, 6.07) is 6.56. The number of hydrogen-bond acceptors (Lipinski definition) is 1.